The van der Waals surface area contributed by atoms with Crippen molar-refractivity contribution in [1.29, 1.82) is 0 Å². The average molecular weight is 236 g/mol. The van der Waals surface area contributed by atoms with E-state index in [1.165, 1.54) is 25.7 Å². The first-order valence-electron chi connectivity index (χ1n) is 7.02. The molecule has 0 aromatic rings. The van der Waals surface area contributed by atoms with E-state index in [4.69, 9.17) is 0 Å². The zero-order valence-corrected chi connectivity index (χ0v) is 10.6. The number of allylic oxidation sites excluding steroid dienone is 1. The summed E-state index contributed by atoms with van der Waals surface area (Å²) in [6.07, 6.45) is 10.5. The number of hydrogen-bond donors (Lipinski definition) is 2. The van der Waals surface area contributed by atoms with Crippen LogP contribution in [0.4, 0.5) is 0 Å². The molecule has 0 atom stereocenters. The summed E-state index contributed by atoms with van der Waals surface area (Å²) in [5, 5.41) is 6.38. The minimum Gasteiger partial charge on any atom is -0.356 e. The third-order valence-corrected chi connectivity index (χ3v) is 3.84. The molecule has 1 fully saturated rings. The molecule has 1 aliphatic heterocycles. The Labute approximate surface area is 104 Å². The number of carbonyl (C=O) groups is 1. The third kappa shape index (κ3) is 4.15. The van der Waals surface area contributed by atoms with Gasteiger partial charge in [-0.2, -0.15) is 0 Å². The van der Waals surface area contributed by atoms with Crippen molar-refractivity contribution in [3.63, 3.8) is 0 Å². The molecule has 0 unspecified atom stereocenters. The predicted molar refractivity (Wildman–Crippen MR) is 69.8 cm³/mol. The highest BCUT2D eigenvalue weighted by atomic mass is 16.1. The molecule has 0 bridgehead atoms. The highest BCUT2D eigenvalue weighted by Gasteiger charge is 2.20. The molecule has 1 amide bonds. The molecule has 2 aliphatic rings. The van der Waals surface area contributed by atoms with Crippen molar-refractivity contribution < 1.29 is 4.79 Å². The largest absolute Gasteiger partial charge is 0.356 e. The van der Waals surface area contributed by atoms with Crippen LogP contribution in [0.1, 0.15) is 44.9 Å². The molecule has 0 saturated carbocycles. The van der Waals surface area contributed by atoms with E-state index >= 15 is 0 Å². The van der Waals surface area contributed by atoms with Crippen LogP contribution in [0.5, 0.6) is 0 Å². The van der Waals surface area contributed by atoms with Gasteiger partial charge in [0.1, 0.15) is 0 Å². The Morgan fingerprint density at radius 3 is 2.88 bits per heavy atom. The van der Waals surface area contributed by atoms with E-state index in [1.54, 1.807) is 5.57 Å². The molecule has 0 aromatic carbocycles. The van der Waals surface area contributed by atoms with Gasteiger partial charge in [0.15, 0.2) is 0 Å². The van der Waals surface area contributed by atoms with Crippen molar-refractivity contribution in [2.45, 2.75) is 44.9 Å². The Morgan fingerprint density at radius 2 is 2.18 bits per heavy atom. The summed E-state index contributed by atoms with van der Waals surface area (Å²) >= 11 is 0. The Balaban J connectivity index is 1.63. The first-order chi connectivity index (χ1) is 8.36. The van der Waals surface area contributed by atoms with Crippen molar-refractivity contribution >= 4 is 5.91 Å². The third-order valence-electron chi connectivity index (χ3n) is 3.84. The summed E-state index contributed by atoms with van der Waals surface area (Å²) in [7, 11) is 0. The summed E-state index contributed by atoms with van der Waals surface area (Å²) in [5.41, 5.74) is 1.54. The van der Waals surface area contributed by atoms with Crippen LogP contribution >= 0.6 is 0 Å². The average Bonchev–Trinajstić information content (AvgIpc) is 2.41. The second kappa shape index (κ2) is 6.80. The number of nitrogens with one attached hydrogen (secondary N) is 2. The number of amides is 1. The molecule has 0 spiro atoms. The minimum atomic E-state index is 0.247. The van der Waals surface area contributed by atoms with Crippen molar-refractivity contribution in [1.82, 2.24) is 10.6 Å². The van der Waals surface area contributed by atoms with Crippen molar-refractivity contribution in [3.8, 4) is 0 Å². The van der Waals surface area contributed by atoms with Crippen molar-refractivity contribution in [2.24, 2.45) is 5.92 Å². The molecular weight excluding hydrogens is 212 g/mol. The first-order valence-corrected chi connectivity index (χ1v) is 7.02. The summed E-state index contributed by atoms with van der Waals surface area (Å²) < 4.78 is 0. The van der Waals surface area contributed by atoms with Crippen LogP contribution in [-0.4, -0.2) is 25.5 Å². The van der Waals surface area contributed by atoms with Crippen molar-refractivity contribution in [3.05, 3.63) is 11.6 Å². The maximum atomic E-state index is 11.9. The Morgan fingerprint density at radius 1 is 1.35 bits per heavy atom. The standard InChI is InChI=1S/C14H24N2O/c17-14(13-7-9-15-10-8-13)16-11-6-12-4-2-1-3-5-12/h4,13,15H,1-3,5-11H2,(H,16,17). The van der Waals surface area contributed by atoms with E-state index in [2.05, 4.69) is 16.7 Å². The number of rotatable bonds is 4. The SMILES string of the molecule is O=C(NCCC1=CCCCC1)C1CCNCC1. The Kier molecular flexibility index (Phi) is 5.05. The maximum Gasteiger partial charge on any atom is 0.223 e. The monoisotopic (exact) mass is 236 g/mol. The quantitative estimate of drug-likeness (QED) is 0.733. The van der Waals surface area contributed by atoms with E-state index < -0.39 is 0 Å². The molecule has 2 N–H and O–H groups in total. The van der Waals surface area contributed by atoms with Gasteiger partial charge in [-0.05, 0) is 58.0 Å². The molecule has 96 valence electrons. The maximum absolute atomic E-state index is 11.9. The van der Waals surface area contributed by atoms with Gasteiger partial charge in [0.05, 0.1) is 0 Å². The van der Waals surface area contributed by atoms with Gasteiger partial charge in [-0.15, -0.1) is 0 Å². The summed E-state index contributed by atoms with van der Waals surface area (Å²) in [6.45, 7) is 2.81. The van der Waals surface area contributed by atoms with Crippen LogP contribution in [0.2, 0.25) is 0 Å². The fraction of sp³-hybridized carbons (Fsp3) is 0.786. The van der Waals surface area contributed by atoms with E-state index in [1.807, 2.05) is 0 Å². The molecule has 0 aromatic heterocycles. The van der Waals surface area contributed by atoms with Crippen LogP contribution in [-0.2, 0) is 4.79 Å². The molecule has 1 aliphatic carbocycles. The lowest BCUT2D eigenvalue weighted by molar-refractivity contribution is -0.125. The first kappa shape index (κ1) is 12.6. The lowest BCUT2D eigenvalue weighted by Gasteiger charge is -2.22. The number of hydrogen-bond acceptors (Lipinski definition) is 2. The Bertz CT molecular complexity index is 280. The van der Waals surface area contributed by atoms with E-state index in [-0.39, 0.29) is 11.8 Å². The molecule has 1 heterocycles. The van der Waals surface area contributed by atoms with Gasteiger partial charge < -0.3 is 10.6 Å². The lowest BCUT2D eigenvalue weighted by atomic mass is 9.96. The predicted octanol–water partition coefficient (Wildman–Crippen LogP) is 1.99. The molecule has 1 saturated heterocycles. The topological polar surface area (TPSA) is 41.1 Å². The summed E-state index contributed by atoms with van der Waals surface area (Å²) in [6, 6.07) is 0. The normalized spacial score (nSPS) is 22.0. The van der Waals surface area contributed by atoms with Crippen LogP contribution < -0.4 is 10.6 Å². The fourth-order valence-corrected chi connectivity index (χ4v) is 2.71. The molecule has 3 heteroatoms. The van der Waals surface area contributed by atoms with E-state index in [0.29, 0.717) is 0 Å². The highest BCUT2D eigenvalue weighted by molar-refractivity contribution is 5.78. The fourth-order valence-electron chi connectivity index (χ4n) is 2.71. The van der Waals surface area contributed by atoms with Crippen LogP contribution in [0.15, 0.2) is 11.6 Å². The molecule has 17 heavy (non-hydrogen) atoms. The minimum absolute atomic E-state index is 0.247. The lowest BCUT2D eigenvalue weighted by Crippen LogP contribution is -2.38. The van der Waals surface area contributed by atoms with Gasteiger partial charge in [-0.3, -0.25) is 4.79 Å². The van der Waals surface area contributed by atoms with E-state index in [0.717, 1.165) is 38.9 Å². The van der Waals surface area contributed by atoms with Gasteiger partial charge >= 0.3 is 0 Å². The second-order valence-corrected chi connectivity index (χ2v) is 5.17. The van der Waals surface area contributed by atoms with Gasteiger partial charge in [-0.1, -0.05) is 11.6 Å². The van der Waals surface area contributed by atoms with Crippen LogP contribution in [0.3, 0.4) is 0 Å². The van der Waals surface area contributed by atoms with Gasteiger partial charge in [-0.25, -0.2) is 0 Å². The smallest absolute Gasteiger partial charge is 0.223 e. The summed E-state index contributed by atoms with van der Waals surface area (Å²) in [5.74, 6) is 0.513. The van der Waals surface area contributed by atoms with E-state index in [9.17, 15) is 4.79 Å². The molecular formula is C14H24N2O. The summed E-state index contributed by atoms with van der Waals surface area (Å²) in [4.78, 5) is 11.9. The van der Waals surface area contributed by atoms with Crippen LogP contribution in [0, 0.1) is 5.92 Å². The molecule has 2 rings (SSSR count). The number of piperidine rings is 1. The zero-order chi connectivity index (χ0) is 11.9. The van der Waals surface area contributed by atoms with Crippen molar-refractivity contribution in [2.75, 3.05) is 19.6 Å². The molecule has 3 nitrogen and oxygen atoms in total. The Hall–Kier alpha value is -0.830. The highest BCUT2D eigenvalue weighted by Crippen LogP contribution is 2.19. The second-order valence-electron chi connectivity index (χ2n) is 5.17. The number of carbonyl (C=O) groups excluding carboxylic acids is 1. The zero-order valence-electron chi connectivity index (χ0n) is 10.6. The van der Waals surface area contributed by atoms with Gasteiger partial charge in [0.25, 0.3) is 0 Å². The van der Waals surface area contributed by atoms with Gasteiger partial charge in [0.2, 0.25) is 5.91 Å². The van der Waals surface area contributed by atoms with Crippen LogP contribution in [0.25, 0.3) is 0 Å². The molecule has 0 radical (unpaired) electrons. The van der Waals surface area contributed by atoms with Gasteiger partial charge in [0, 0.05) is 12.5 Å².